The largest absolute Gasteiger partial charge is 0.497 e. The number of rotatable bonds is 6. The molecule has 0 radical (unpaired) electrons. The summed E-state index contributed by atoms with van der Waals surface area (Å²) in [5.41, 5.74) is 0.0434. The summed E-state index contributed by atoms with van der Waals surface area (Å²) in [6.07, 6.45) is 0.964. The van der Waals surface area contributed by atoms with Crippen LogP contribution in [0.5, 0.6) is 5.75 Å². The molecule has 0 aliphatic carbocycles. The molecular weight excluding hydrogens is 301 g/mol. The lowest BCUT2D eigenvalue weighted by Gasteiger charge is -2.11. The number of nitrogens with one attached hydrogen (secondary N) is 1. The van der Waals surface area contributed by atoms with E-state index in [9.17, 15) is 9.18 Å². The van der Waals surface area contributed by atoms with E-state index in [1.807, 2.05) is 6.92 Å². The van der Waals surface area contributed by atoms with E-state index >= 15 is 0 Å². The molecule has 0 heterocycles. The molecule has 100 valence electrons. The number of methoxy groups -OCH3 is 1. The van der Waals surface area contributed by atoms with Gasteiger partial charge in [-0.25, -0.2) is 4.39 Å². The van der Waals surface area contributed by atoms with Crippen molar-refractivity contribution in [3.05, 3.63) is 29.6 Å². The number of amides is 1. The van der Waals surface area contributed by atoms with Gasteiger partial charge in [-0.05, 0) is 24.5 Å². The highest BCUT2D eigenvalue weighted by molar-refractivity contribution is 9.09. The number of hydrogen-bond donors (Lipinski definition) is 1. The van der Waals surface area contributed by atoms with Crippen LogP contribution in [-0.2, 0) is 0 Å². The molecule has 0 bridgehead atoms. The first kappa shape index (κ1) is 15.0. The summed E-state index contributed by atoms with van der Waals surface area (Å²) < 4.78 is 18.5. The Morgan fingerprint density at radius 3 is 2.83 bits per heavy atom. The third-order valence-electron chi connectivity index (χ3n) is 2.63. The number of carbonyl (C=O) groups excluding carboxylic acids is 1. The Morgan fingerprint density at radius 1 is 1.56 bits per heavy atom. The second kappa shape index (κ2) is 7.36. The van der Waals surface area contributed by atoms with Crippen molar-refractivity contribution in [1.82, 2.24) is 5.32 Å². The predicted octanol–water partition coefficient (Wildman–Crippen LogP) is 2.99. The molecular formula is C13H17BrFNO2. The number of halogens is 2. The van der Waals surface area contributed by atoms with Crippen LogP contribution in [0.2, 0.25) is 0 Å². The first-order valence-electron chi connectivity index (χ1n) is 5.76. The fourth-order valence-corrected chi connectivity index (χ4v) is 2.24. The van der Waals surface area contributed by atoms with Crippen LogP contribution >= 0.6 is 15.9 Å². The average molecular weight is 318 g/mol. The van der Waals surface area contributed by atoms with Gasteiger partial charge in [0, 0.05) is 17.9 Å². The molecule has 3 nitrogen and oxygen atoms in total. The Bertz CT molecular complexity index is 412. The summed E-state index contributed by atoms with van der Waals surface area (Å²) in [7, 11) is 1.45. The maximum atomic E-state index is 13.6. The lowest BCUT2D eigenvalue weighted by atomic mass is 10.1. The first-order valence-corrected chi connectivity index (χ1v) is 6.88. The van der Waals surface area contributed by atoms with E-state index in [0.717, 1.165) is 11.8 Å². The van der Waals surface area contributed by atoms with Crippen LogP contribution in [0.25, 0.3) is 0 Å². The van der Waals surface area contributed by atoms with Gasteiger partial charge in [0.2, 0.25) is 0 Å². The summed E-state index contributed by atoms with van der Waals surface area (Å²) in [5.74, 6) is -0.206. The van der Waals surface area contributed by atoms with E-state index in [0.29, 0.717) is 18.2 Å². The molecule has 0 aliphatic heterocycles. The van der Waals surface area contributed by atoms with Crippen LogP contribution in [0.1, 0.15) is 23.7 Å². The van der Waals surface area contributed by atoms with Gasteiger partial charge in [0.15, 0.2) is 0 Å². The number of ether oxygens (including phenoxy) is 1. The summed E-state index contributed by atoms with van der Waals surface area (Å²) in [6.45, 7) is 2.57. The maximum absolute atomic E-state index is 13.6. The summed E-state index contributed by atoms with van der Waals surface area (Å²) in [6, 6.07) is 4.20. The van der Waals surface area contributed by atoms with E-state index in [1.165, 1.54) is 19.2 Å². The first-order chi connectivity index (χ1) is 8.58. The van der Waals surface area contributed by atoms with Crippen LogP contribution in [-0.4, -0.2) is 24.9 Å². The van der Waals surface area contributed by atoms with Crippen LogP contribution in [0.3, 0.4) is 0 Å². The number of alkyl halides is 1. The van der Waals surface area contributed by atoms with Crippen LogP contribution < -0.4 is 10.1 Å². The highest BCUT2D eigenvalue weighted by Crippen LogP contribution is 2.16. The SMILES string of the molecule is COc1ccc(C(=O)NCC(C)CCBr)c(F)c1. The molecule has 1 unspecified atom stereocenters. The van der Waals surface area contributed by atoms with Crippen LogP contribution in [0.4, 0.5) is 4.39 Å². The summed E-state index contributed by atoms with van der Waals surface area (Å²) in [4.78, 5) is 11.8. The maximum Gasteiger partial charge on any atom is 0.254 e. The smallest absolute Gasteiger partial charge is 0.254 e. The molecule has 0 saturated carbocycles. The fraction of sp³-hybridized carbons (Fsp3) is 0.462. The van der Waals surface area contributed by atoms with Gasteiger partial charge in [0.25, 0.3) is 5.91 Å². The van der Waals surface area contributed by atoms with E-state index < -0.39 is 11.7 Å². The second-order valence-electron chi connectivity index (χ2n) is 4.14. The number of carbonyl (C=O) groups is 1. The van der Waals surface area contributed by atoms with Gasteiger partial charge in [-0.15, -0.1) is 0 Å². The topological polar surface area (TPSA) is 38.3 Å². The van der Waals surface area contributed by atoms with Crippen molar-refractivity contribution < 1.29 is 13.9 Å². The Balaban J connectivity index is 2.61. The van der Waals surface area contributed by atoms with Crippen molar-refractivity contribution in [2.45, 2.75) is 13.3 Å². The molecule has 5 heteroatoms. The molecule has 0 aromatic heterocycles. The van der Waals surface area contributed by atoms with Gasteiger partial charge >= 0.3 is 0 Å². The fourth-order valence-electron chi connectivity index (χ4n) is 1.46. The van der Waals surface area contributed by atoms with Gasteiger partial charge in [-0.2, -0.15) is 0 Å². The predicted molar refractivity (Wildman–Crippen MR) is 72.9 cm³/mol. The minimum absolute atomic E-state index is 0.0434. The molecule has 1 rings (SSSR count). The summed E-state index contributed by atoms with van der Waals surface area (Å²) in [5, 5.41) is 3.61. The standard InChI is InChI=1S/C13H17BrFNO2/c1-9(5-6-14)8-16-13(17)11-4-3-10(18-2)7-12(11)15/h3-4,7,9H,5-6,8H2,1-2H3,(H,16,17). The summed E-state index contributed by atoms with van der Waals surface area (Å²) >= 11 is 3.34. The van der Waals surface area contributed by atoms with Gasteiger partial charge in [-0.1, -0.05) is 22.9 Å². The Morgan fingerprint density at radius 2 is 2.28 bits per heavy atom. The quantitative estimate of drug-likeness (QED) is 0.819. The molecule has 0 spiro atoms. The van der Waals surface area contributed by atoms with Crippen molar-refractivity contribution in [2.24, 2.45) is 5.92 Å². The molecule has 0 aliphatic rings. The zero-order valence-corrected chi connectivity index (χ0v) is 12.1. The average Bonchev–Trinajstić information content (AvgIpc) is 2.36. The van der Waals surface area contributed by atoms with Gasteiger partial charge in [-0.3, -0.25) is 4.79 Å². The normalized spacial score (nSPS) is 12.0. The minimum atomic E-state index is -0.569. The molecule has 1 aromatic rings. The van der Waals surface area contributed by atoms with Crippen LogP contribution in [0.15, 0.2) is 18.2 Å². The third kappa shape index (κ3) is 4.29. The molecule has 1 amide bonds. The molecule has 1 N–H and O–H groups in total. The number of benzene rings is 1. The molecule has 0 fully saturated rings. The van der Waals surface area contributed by atoms with Gasteiger partial charge in [0.1, 0.15) is 11.6 Å². The Hall–Kier alpha value is -1.10. The molecule has 0 saturated heterocycles. The van der Waals surface area contributed by atoms with Gasteiger partial charge in [0.05, 0.1) is 12.7 Å². The molecule has 1 aromatic carbocycles. The third-order valence-corrected chi connectivity index (χ3v) is 3.09. The highest BCUT2D eigenvalue weighted by Gasteiger charge is 2.13. The van der Waals surface area contributed by atoms with E-state index in [2.05, 4.69) is 21.2 Å². The minimum Gasteiger partial charge on any atom is -0.497 e. The lowest BCUT2D eigenvalue weighted by Crippen LogP contribution is -2.29. The highest BCUT2D eigenvalue weighted by atomic mass is 79.9. The molecule has 1 atom stereocenters. The van der Waals surface area contributed by atoms with Crippen molar-refractivity contribution in [3.63, 3.8) is 0 Å². The Labute approximate surface area is 115 Å². The van der Waals surface area contributed by atoms with E-state index in [4.69, 9.17) is 4.74 Å². The Kier molecular flexibility index (Phi) is 6.12. The van der Waals surface area contributed by atoms with E-state index in [-0.39, 0.29) is 5.56 Å². The van der Waals surface area contributed by atoms with Crippen molar-refractivity contribution >= 4 is 21.8 Å². The van der Waals surface area contributed by atoms with Crippen molar-refractivity contribution in [3.8, 4) is 5.75 Å². The van der Waals surface area contributed by atoms with Crippen molar-refractivity contribution in [1.29, 1.82) is 0 Å². The number of hydrogen-bond acceptors (Lipinski definition) is 2. The zero-order chi connectivity index (χ0) is 13.5. The van der Waals surface area contributed by atoms with Gasteiger partial charge < -0.3 is 10.1 Å². The zero-order valence-electron chi connectivity index (χ0n) is 10.5. The second-order valence-corrected chi connectivity index (χ2v) is 4.93. The van der Waals surface area contributed by atoms with Crippen molar-refractivity contribution in [2.75, 3.05) is 19.0 Å². The monoisotopic (exact) mass is 317 g/mol. The van der Waals surface area contributed by atoms with Crippen LogP contribution in [0, 0.1) is 11.7 Å². The van der Waals surface area contributed by atoms with E-state index in [1.54, 1.807) is 6.07 Å². The molecule has 18 heavy (non-hydrogen) atoms. The lowest BCUT2D eigenvalue weighted by molar-refractivity contribution is 0.0944.